The standard InChI is InChI=1S/C27H28N8O3/c1-27(15-38-16-27)26(37)34-11-2-3-19(14-34)24-33-21(22-23(28)31-10-12-35(22)24)17-4-6-18(7-5-17)25(36)32-20-13-29-8-9-30-20/h4-10,12-13,19H,2-3,11,14-16H2,1H3,(H2,28,31)(H,30,32,36)/t19-/m1/s1. The molecule has 0 unspecified atom stereocenters. The molecule has 194 valence electrons. The third-order valence-corrected chi connectivity index (χ3v) is 7.27. The van der Waals surface area contributed by atoms with E-state index >= 15 is 0 Å². The number of nitrogens with zero attached hydrogens (tertiary/aromatic N) is 6. The Hall–Kier alpha value is -4.38. The van der Waals surface area contributed by atoms with Gasteiger partial charge < -0.3 is 20.7 Å². The number of imidazole rings is 1. The minimum absolute atomic E-state index is 0.0531. The van der Waals surface area contributed by atoms with Crippen molar-refractivity contribution in [1.29, 1.82) is 0 Å². The molecule has 3 N–H and O–H groups in total. The van der Waals surface area contributed by atoms with Crippen molar-refractivity contribution in [2.24, 2.45) is 5.41 Å². The zero-order valence-corrected chi connectivity index (χ0v) is 21.0. The summed E-state index contributed by atoms with van der Waals surface area (Å²) < 4.78 is 7.31. The fraction of sp³-hybridized carbons (Fsp3) is 0.333. The van der Waals surface area contributed by atoms with E-state index in [9.17, 15) is 9.59 Å². The number of nitrogen functional groups attached to an aromatic ring is 1. The van der Waals surface area contributed by atoms with Gasteiger partial charge in [0.05, 0.1) is 24.8 Å². The van der Waals surface area contributed by atoms with Gasteiger partial charge in [0.25, 0.3) is 5.91 Å². The van der Waals surface area contributed by atoms with Crippen LogP contribution in [-0.2, 0) is 9.53 Å². The highest BCUT2D eigenvalue weighted by Gasteiger charge is 2.44. The number of aromatic nitrogens is 5. The van der Waals surface area contributed by atoms with E-state index in [1.54, 1.807) is 24.5 Å². The Morgan fingerprint density at radius 1 is 1.13 bits per heavy atom. The van der Waals surface area contributed by atoms with Crippen LogP contribution in [-0.4, -0.2) is 67.4 Å². The Morgan fingerprint density at radius 3 is 2.66 bits per heavy atom. The fourth-order valence-corrected chi connectivity index (χ4v) is 5.19. The Bertz CT molecular complexity index is 1500. The molecule has 0 saturated carbocycles. The van der Waals surface area contributed by atoms with Crippen LogP contribution in [0.15, 0.2) is 55.2 Å². The first-order chi connectivity index (χ1) is 18.4. The number of carbonyl (C=O) groups excluding carboxylic acids is 2. The number of rotatable bonds is 5. The van der Waals surface area contributed by atoms with Gasteiger partial charge in [-0.1, -0.05) is 12.1 Å². The molecule has 11 heteroatoms. The van der Waals surface area contributed by atoms with Crippen molar-refractivity contribution in [3.05, 3.63) is 66.6 Å². The highest BCUT2D eigenvalue weighted by molar-refractivity contribution is 6.04. The molecule has 2 amide bonds. The lowest BCUT2D eigenvalue weighted by Gasteiger charge is -2.42. The smallest absolute Gasteiger partial charge is 0.256 e. The number of nitrogens with two attached hydrogens (primary N) is 1. The topological polar surface area (TPSA) is 141 Å². The first-order valence-corrected chi connectivity index (χ1v) is 12.6. The number of hydrogen-bond donors (Lipinski definition) is 2. The van der Waals surface area contributed by atoms with Crippen LogP contribution in [0.1, 0.15) is 41.9 Å². The van der Waals surface area contributed by atoms with E-state index in [1.807, 2.05) is 34.6 Å². The average Bonchev–Trinajstić information content (AvgIpc) is 3.33. The van der Waals surface area contributed by atoms with Gasteiger partial charge in [-0.15, -0.1) is 0 Å². The van der Waals surface area contributed by atoms with Gasteiger partial charge in [-0.3, -0.25) is 19.0 Å². The number of anilines is 2. The Kier molecular flexibility index (Phi) is 5.99. The minimum atomic E-state index is -0.433. The summed E-state index contributed by atoms with van der Waals surface area (Å²) in [6.07, 6.45) is 9.88. The highest BCUT2D eigenvalue weighted by Crippen LogP contribution is 2.36. The van der Waals surface area contributed by atoms with E-state index in [-0.39, 0.29) is 17.7 Å². The monoisotopic (exact) mass is 512 g/mol. The molecule has 2 aliphatic heterocycles. The first-order valence-electron chi connectivity index (χ1n) is 12.6. The molecule has 1 aromatic carbocycles. The molecular formula is C27H28N8O3. The Balaban J connectivity index is 1.29. The normalized spacial score (nSPS) is 18.7. The summed E-state index contributed by atoms with van der Waals surface area (Å²) in [6, 6.07) is 7.16. The molecule has 2 aliphatic rings. The predicted octanol–water partition coefficient (Wildman–Crippen LogP) is 2.76. The van der Waals surface area contributed by atoms with Gasteiger partial charge in [0.15, 0.2) is 5.82 Å². The Labute approximate surface area is 219 Å². The Morgan fingerprint density at radius 2 is 1.95 bits per heavy atom. The molecular weight excluding hydrogens is 484 g/mol. The number of fused-ring (bicyclic) bond motifs is 1. The van der Waals surface area contributed by atoms with Crippen LogP contribution in [0.3, 0.4) is 0 Å². The molecule has 5 heterocycles. The molecule has 6 rings (SSSR count). The van der Waals surface area contributed by atoms with Gasteiger partial charge in [0, 0.05) is 54.9 Å². The molecule has 0 bridgehead atoms. The number of amides is 2. The SMILES string of the molecule is CC1(C(=O)N2CCC[C@@H](c3nc(-c4ccc(C(=O)Nc5cnccn5)cc4)c4c(N)nccn34)C2)COC1. The van der Waals surface area contributed by atoms with E-state index < -0.39 is 5.41 Å². The van der Waals surface area contributed by atoms with Crippen LogP contribution >= 0.6 is 0 Å². The molecule has 0 spiro atoms. The van der Waals surface area contributed by atoms with Crippen LogP contribution in [0.5, 0.6) is 0 Å². The summed E-state index contributed by atoms with van der Waals surface area (Å²) in [7, 11) is 0. The maximum Gasteiger partial charge on any atom is 0.256 e. The van der Waals surface area contributed by atoms with Gasteiger partial charge in [-0.2, -0.15) is 0 Å². The molecule has 2 saturated heterocycles. The lowest BCUT2D eigenvalue weighted by atomic mass is 9.85. The number of likely N-dealkylation sites (tertiary alicyclic amines) is 1. The molecule has 2 fully saturated rings. The number of nitrogens with one attached hydrogen (secondary N) is 1. The van der Waals surface area contributed by atoms with Gasteiger partial charge >= 0.3 is 0 Å². The maximum absolute atomic E-state index is 13.2. The quantitative estimate of drug-likeness (QED) is 0.416. The van der Waals surface area contributed by atoms with Crippen molar-refractivity contribution >= 4 is 29.0 Å². The molecule has 3 aromatic heterocycles. The van der Waals surface area contributed by atoms with Crippen molar-refractivity contribution in [3.8, 4) is 11.3 Å². The van der Waals surface area contributed by atoms with Crippen molar-refractivity contribution in [2.45, 2.75) is 25.7 Å². The van der Waals surface area contributed by atoms with E-state index in [0.29, 0.717) is 48.2 Å². The first kappa shape index (κ1) is 24.0. The lowest BCUT2D eigenvalue weighted by molar-refractivity contribution is -0.169. The van der Waals surface area contributed by atoms with Crippen LogP contribution in [0, 0.1) is 5.41 Å². The predicted molar refractivity (Wildman–Crippen MR) is 140 cm³/mol. The van der Waals surface area contributed by atoms with E-state index in [0.717, 1.165) is 30.8 Å². The number of piperidine rings is 1. The van der Waals surface area contributed by atoms with E-state index in [1.165, 1.54) is 12.4 Å². The molecule has 4 aromatic rings. The van der Waals surface area contributed by atoms with Crippen molar-refractivity contribution < 1.29 is 14.3 Å². The summed E-state index contributed by atoms with van der Waals surface area (Å²) in [5.41, 5.74) is 8.59. The van der Waals surface area contributed by atoms with E-state index in [2.05, 4.69) is 20.3 Å². The second-order valence-electron chi connectivity index (χ2n) is 10.1. The molecule has 0 aliphatic carbocycles. The van der Waals surface area contributed by atoms with Gasteiger partial charge in [-0.25, -0.2) is 15.0 Å². The second-order valence-corrected chi connectivity index (χ2v) is 10.1. The largest absolute Gasteiger partial charge is 0.382 e. The molecule has 1 atom stereocenters. The third kappa shape index (κ3) is 4.24. The van der Waals surface area contributed by atoms with Crippen molar-refractivity contribution in [1.82, 2.24) is 29.2 Å². The van der Waals surface area contributed by atoms with Crippen LogP contribution in [0.25, 0.3) is 16.8 Å². The van der Waals surface area contributed by atoms with Crippen LogP contribution in [0.4, 0.5) is 11.6 Å². The summed E-state index contributed by atoms with van der Waals surface area (Å²) in [4.78, 5) is 45.2. The summed E-state index contributed by atoms with van der Waals surface area (Å²) >= 11 is 0. The summed E-state index contributed by atoms with van der Waals surface area (Å²) in [5, 5.41) is 2.73. The van der Waals surface area contributed by atoms with E-state index in [4.69, 9.17) is 15.5 Å². The molecule has 0 radical (unpaired) electrons. The fourth-order valence-electron chi connectivity index (χ4n) is 5.19. The van der Waals surface area contributed by atoms with Crippen LogP contribution < -0.4 is 11.1 Å². The zero-order valence-electron chi connectivity index (χ0n) is 21.0. The average molecular weight is 513 g/mol. The van der Waals surface area contributed by atoms with Gasteiger partial charge in [0.1, 0.15) is 22.9 Å². The number of carbonyl (C=O) groups is 2. The number of ether oxygens (including phenoxy) is 1. The maximum atomic E-state index is 13.2. The zero-order chi connectivity index (χ0) is 26.3. The molecule has 38 heavy (non-hydrogen) atoms. The van der Waals surface area contributed by atoms with Crippen LogP contribution in [0.2, 0.25) is 0 Å². The summed E-state index contributed by atoms with van der Waals surface area (Å²) in [5.74, 6) is 1.51. The molecule has 11 nitrogen and oxygen atoms in total. The van der Waals surface area contributed by atoms with Gasteiger partial charge in [-0.05, 0) is 31.9 Å². The third-order valence-electron chi connectivity index (χ3n) is 7.27. The van der Waals surface area contributed by atoms with Crippen molar-refractivity contribution in [2.75, 3.05) is 37.4 Å². The number of hydrogen-bond acceptors (Lipinski definition) is 8. The minimum Gasteiger partial charge on any atom is -0.382 e. The van der Waals surface area contributed by atoms with Gasteiger partial charge in [0.2, 0.25) is 5.91 Å². The lowest BCUT2D eigenvalue weighted by Crippen LogP contribution is -2.55. The summed E-state index contributed by atoms with van der Waals surface area (Å²) in [6.45, 7) is 4.24. The second kappa shape index (κ2) is 9.49. The number of benzene rings is 1. The van der Waals surface area contributed by atoms with Crippen molar-refractivity contribution in [3.63, 3.8) is 0 Å². The highest BCUT2D eigenvalue weighted by atomic mass is 16.5.